The Morgan fingerprint density at radius 2 is 2.05 bits per heavy atom. The van der Waals surface area contributed by atoms with Crippen LogP contribution in [0.5, 0.6) is 0 Å². The highest BCUT2D eigenvalue weighted by Gasteiger charge is 2.14. The Balaban J connectivity index is 2.21. The summed E-state index contributed by atoms with van der Waals surface area (Å²) < 4.78 is 5.61. The second-order valence-corrected chi connectivity index (χ2v) is 4.49. The van der Waals surface area contributed by atoms with Gasteiger partial charge >= 0.3 is 6.01 Å². The van der Waals surface area contributed by atoms with Crippen molar-refractivity contribution in [3.63, 3.8) is 0 Å². The lowest BCUT2D eigenvalue weighted by Gasteiger charge is -2.20. The first kappa shape index (κ1) is 13.6. The Kier molecular flexibility index (Phi) is 4.98. The topological polar surface area (TPSA) is 41.3 Å². The smallest absolute Gasteiger partial charge is 0.302 e. The number of oxazole rings is 1. The van der Waals surface area contributed by atoms with Crippen LogP contribution in [0, 0.1) is 0 Å². The van der Waals surface area contributed by atoms with E-state index in [1.165, 1.54) is 0 Å². The van der Waals surface area contributed by atoms with Gasteiger partial charge in [-0.05, 0) is 25.6 Å². The Hall–Kier alpha value is -1.81. The maximum atomic E-state index is 5.61. The Labute approximate surface area is 114 Å². The molecule has 2 aromatic rings. The molecule has 1 heterocycles. The average Bonchev–Trinajstić information content (AvgIpc) is 2.89. The number of hydrogen-bond donors (Lipinski definition) is 1. The molecule has 19 heavy (non-hydrogen) atoms. The van der Waals surface area contributed by atoms with Gasteiger partial charge in [0.25, 0.3) is 0 Å². The quantitative estimate of drug-likeness (QED) is 0.828. The van der Waals surface area contributed by atoms with Gasteiger partial charge in [0, 0.05) is 18.8 Å². The molecule has 0 aliphatic rings. The molecule has 0 spiro atoms. The summed E-state index contributed by atoms with van der Waals surface area (Å²) in [7, 11) is 1.90. The minimum atomic E-state index is 0.671. The van der Waals surface area contributed by atoms with Crippen molar-refractivity contribution in [1.82, 2.24) is 10.3 Å². The maximum absolute atomic E-state index is 5.61. The highest BCUT2D eigenvalue weighted by atomic mass is 16.4. The zero-order chi connectivity index (χ0) is 13.5. The predicted octanol–water partition coefficient (Wildman–Crippen LogP) is 3.33. The molecule has 0 amide bonds. The van der Waals surface area contributed by atoms with Gasteiger partial charge in [0.2, 0.25) is 0 Å². The molecular formula is C15H21N3O. The van der Waals surface area contributed by atoms with Crippen molar-refractivity contribution in [2.24, 2.45) is 0 Å². The fraction of sp³-hybridized carbons (Fsp3) is 0.400. The third-order valence-electron chi connectivity index (χ3n) is 2.93. The van der Waals surface area contributed by atoms with E-state index < -0.39 is 0 Å². The zero-order valence-corrected chi connectivity index (χ0v) is 11.6. The van der Waals surface area contributed by atoms with Crippen molar-refractivity contribution in [2.75, 3.05) is 18.5 Å². The summed E-state index contributed by atoms with van der Waals surface area (Å²) in [6.07, 6.45) is 3.97. The summed E-state index contributed by atoms with van der Waals surface area (Å²) in [5.74, 6) is 0. The van der Waals surface area contributed by atoms with E-state index in [2.05, 4.69) is 34.3 Å². The highest BCUT2D eigenvalue weighted by Crippen LogP contribution is 2.24. The first-order chi connectivity index (χ1) is 9.35. The second kappa shape index (κ2) is 6.95. The first-order valence-electron chi connectivity index (χ1n) is 6.76. The van der Waals surface area contributed by atoms with Gasteiger partial charge in [-0.2, -0.15) is 4.98 Å². The number of nitrogens with one attached hydrogen (secondary N) is 1. The van der Waals surface area contributed by atoms with Crippen molar-refractivity contribution < 1.29 is 4.42 Å². The van der Waals surface area contributed by atoms with Gasteiger partial charge in [0.05, 0.1) is 5.69 Å². The summed E-state index contributed by atoms with van der Waals surface area (Å²) in [5.41, 5.74) is 2.05. The molecule has 0 fully saturated rings. The largest absolute Gasteiger partial charge is 0.431 e. The SMILES string of the molecule is CCCCN(c1ccccc1)c1nc(CNC)co1. The molecular weight excluding hydrogens is 238 g/mol. The number of nitrogens with zero attached hydrogens (tertiary/aromatic N) is 2. The van der Waals surface area contributed by atoms with Crippen molar-refractivity contribution in [3.05, 3.63) is 42.3 Å². The van der Waals surface area contributed by atoms with Gasteiger partial charge in [0.15, 0.2) is 0 Å². The standard InChI is InChI=1S/C15H21N3O/c1-3-4-10-18(14-8-6-5-7-9-14)15-17-13(11-16-2)12-19-15/h5-9,12,16H,3-4,10-11H2,1-2H3. The van der Waals surface area contributed by atoms with Gasteiger partial charge in [-0.15, -0.1) is 0 Å². The minimum absolute atomic E-state index is 0.671. The predicted molar refractivity (Wildman–Crippen MR) is 77.6 cm³/mol. The van der Waals surface area contributed by atoms with Gasteiger partial charge in [-0.1, -0.05) is 31.5 Å². The normalized spacial score (nSPS) is 10.6. The molecule has 2 rings (SSSR count). The Morgan fingerprint density at radius 3 is 2.74 bits per heavy atom. The average molecular weight is 259 g/mol. The van der Waals surface area contributed by atoms with E-state index >= 15 is 0 Å². The van der Waals surface area contributed by atoms with Crippen LogP contribution in [0.15, 0.2) is 41.0 Å². The van der Waals surface area contributed by atoms with E-state index in [-0.39, 0.29) is 0 Å². The van der Waals surface area contributed by atoms with E-state index in [0.29, 0.717) is 6.01 Å². The molecule has 1 aromatic carbocycles. The molecule has 1 N–H and O–H groups in total. The van der Waals surface area contributed by atoms with E-state index in [9.17, 15) is 0 Å². The fourth-order valence-corrected chi connectivity index (χ4v) is 1.94. The zero-order valence-electron chi connectivity index (χ0n) is 11.6. The molecule has 1 aromatic heterocycles. The molecule has 0 aliphatic heterocycles. The summed E-state index contributed by atoms with van der Waals surface area (Å²) >= 11 is 0. The number of benzene rings is 1. The lowest BCUT2D eigenvalue weighted by molar-refractivity contribution is 0.547. The number of hydrogen-bond acceptors (Lipinski definition) is 4. The number of para-hydroxylation sites is 1. The third kappa shape index (κ3) is 3.58. The summed E-state index contributed by atoms with van der Waals surface area (Å²) in [6.45, 7) is 3.82. The van der Waals surface area contributed by atoms with E-state index in [1.807, 2.05) is 25.2 Å². The van der Waals surface area contributed by atoms with Crippen LogP contribution in [0.2, 0.25) is 0 Å². The molecule has 4 nitrogen and oxygen atoms in total. The molecule has 102 valence electrons. The van der Waals surface area contributed by atoms with E-state index in [4.69, 9.17) is 4.42 Å². The van der Waals surface area contributed by atoms with Gasteiger partial charge in [-0.3, -0.25) is 4.90 Å². The third-order valence-corrected chi connectivity index (χ3v) is 2.93. The molecule has 0 unspecified atom stereocenters. The number of anilines is 2. The van der Waals surface area contributed by atoms with E-state index in [1.54, 1.807) is 6.26 Å². The molecule has 0 aliphatic carbocycles. The summed E-state index contributed by atoms with van der Waals surface area (Å²) in [5, 5.41) is 3.08. The monoisotopic (exact) mass is 259 g/mol. The molecule has 4 heteroatoms. The van der Waals surface area contributed by atoms with Gasteiger partial charge < -0.3 is 9.73 Å². The lowest BCUT2D eigenvalue weighted by atomic mass is 10.2. The van der Waals surface area contributed by atoms with Gasteiger partial charge in [-0.25, -0.2) is 0 Å². The van der Waals surface area contributed by atoms with Crippen LogP contribution in [0.3, 0.4) is 0 Å². The van der Waals surface area contributed by atoms with Crippen molar-refractivity contribution >= 4 is 11.7 Å². The molecule has 0 radical (unpaired) electrons. The summed E-state index contributed by atoms with van der Waals surface area (Å²) in [4.78, 5) is 6.65. The minimum Gasteiger partial charge on any atom is -0.431 e. The number of rotatable bonds is 7. The second-order valence-electron chi connectivity index (χ2n) is 4.49. The number of unbranched alkanes of at least 4 members (excludes halogenated alkanes) is 1. The molecule has 0 saturated carbocycles. The van der Waals surface area contributed by atoms with Gasteiger partial charge in [0.1, 0.15) is 6.26 Å². The van der Waals surface area contributed by atoms with E-state index in [0.717, 1.165) is 37.3 Å². The lowest BCUT2D eigenvalue weighted by Crippen LogP contribution is -2.18. The number of aromatic nitrogens is 1. The van der Waals surface area contributed by atoms with Crippen LogP contribution in [-0.2, 0) is 6.54 Å². The van der Waals surface area contributed by atoms with Crippen LogP contribution in [0.25, 0.3) is 0 Å². The van der Waals surface area contributed by atoms with Crippen LogP contribution in [0.1, 0.15) is 25.5 Å². The molecule has 0 atom stereocenters. The van der Waals surface area contributed by atoms with Crippen LogP contribution in [-0.4, -0.2) is 18.6 Å². The first-order valence-corrected chi connectivity index (χ1v) is 6.76. The molecule has 0 bridgehead atoms. The van der Waals surface area contributed by atoms with Crippen molar-refractivity contribution in [2.45, 2.75) is 26.3 Å². The highest BCUT2D eigenvalue weighted by molar-refractivity contribution is 5.55. The van der Waals surface area contributed by atoms with Crippen molar-refractivity contribution in [1.29, 1.82) is 0 Å². The van der Waals surface area contributed by atoms with Crippen LogP contribution >= 0.6 is 0 Å². The maximum Gasteiger partial charge on any atom is 0.302 e. The Morgan fingerprint density at radius 1 is 1.26 bits per heavy atom. The van der Waals surface area contributed by atoms with Crippen LogP contribution in [0.4, 0.5) is 11.7 Å². The van der Waals surface area contributed by atoms with Crippen LogP contribution < -0.4 is 10.2 Å². The fourth-order valence-electron chi connectivity index (χ4n) is 1.94. The van der Waals surface area contributed by atoms with Crippen molar-refractivity contribution in [3.8, 4) is 0 Å². The molecule has 0 saturated heterocycles. The summed E-state index contributed by atoms with van der Waals surface area (Å²) in [6, 6.07) is 10.9. The Bertz CT molecular complexity index is 481.